The number of para-hydroxylation sites is 1. The van der Waals surface area contributed by atoms with E-state index in [2.05, 4.69) is 9.98 Å². The van der Waals surface area contributed by atoms with Gasteiger partial charge in [-0.3, -0.25) is 14.6 Å². The lowest BCUT2D eigenvalue weighted by Gasteiger charge is -1.96. The van der Waals surface area contributed by atoms with Gasteiger partial charge in [0.25, 0.3) is 5.91 Å². The van der Waals surface area contributed by atoms with Crippen LogP contribution in [0.2, 0.25) is 0 Å². The van der Waals surface area contributed by atoms with Gasteiger partial charge in [0.2, 0.25) is 0 Å². The molecule has 0 aliphatic carbocycles. The van der Waals surface area contributed by atoms with Gasteiger partial charge in [-0.05, 0) is 6.07 Å². The monoisotopic (exact) mass is 245 g/mol. The molecule has 3 N–H and O–H groups in total. The number of aromatic amines is 1. The maximum Gasteiger partial charge on any atom is 0.306 e. The molecule has 2 heterocycles. The van der Waals surface area contributed by atoms with Crippen molar-refractivity contribution >= 4 is 28.6 Å². The summed E-state index contributed by atoms with van der Waals surface area (Å²) in [6.07, 6.45) is 0. The molecule has 1 amide bonds. The molecule has 17 heavy (non-hydrogen) atoms. The first-order valence-corrected chi connectivity index (χ1v) is 5.70. The van der Waals surface area contributed by atoms with Crippen LogP contribution in [0.5, 0.6) is 0 Å². The molecule has 1 aliphatic rings. The van der Waals surface area contributed by atoms with Crippen molar-refractivity contribution in [1.29, 1.82) is 0 Å². The summed E-state index contributed by atoms with van der Waals surface area (Å²) in [4.78, 5) is 29.6. The number of H-pyrrole nitrogens is 1. The van der Waals surface area contributed by atoms with Crippen molar-refractivity contribution in [2.45, 2.75) is 0 Å². The second-order valence-corrected chi connectivity index (χ2v) is 4.55. The van der Waals surface area contributed by atoms with E-state index in [4.69, 9.17) is 5.73 Å². The number of anilines is 1. The highest BCUT2D eigenvalue weighted by atomic mass is 32.1. The van der Waals surface area contributed by atoms with Gasteiger partial charge in [0, 0.05) is 5.22 Å². The average Bonchev–Trinajstić information content (AvgIpc) is 2.77. The Kier molecular flexibility index (Phi) is 1.99. The SMILES string of the molecule is Nc1[nH]c(=O)sc1C1=c2ccccc2=NC1=O. The van der Waals surface area contributed by atoms with Crippen LogP contribution in [-0.2, 0) is 4.79 Å². The summed E-state index contributed by atoms with van der Waals surface area (Å²) in [6.45, 7) is 0. The summed E-state index contributed by atoms with van der Waals surface area (Å²) in [5.74, 6) is -0.136. The van der Waals surface area contributed by atoms with Gasteiger partial charge in [0.05, 0.1) is 15.8 Å². The van der Waals surface area contributed by atoms with Gasteiger partial charge in [-0.25, -0.2) is 4.99 Å². The number of carbonyl (C=O) groups excluding carboxylic acids is 1. The van der Waals surface area contributed by atoms with Crippen molar-refractivity contribution in [3.05, 3.63) is 49.4 Å². The molecule has 1 aromatic carbocycles. The molecule has 0 radical (unpaired) electrons. The molecule has 0 saturated heterocycles. The number of hydrogen-bond acceptors (Lipinski definition) is 4. The van der Waals surface area contributed by atoms with Crippen LogP contribution in [-0.4, -0.2) is 10.9 Å². The number of nitrogen functional groups attached to an aromatic ring is 1. The van der Waals surface area contributed by atoms with E-state index >= 15 is 0 Å². The number of aromatic nitrogens is 1. The van der Waals surface area contributed by atoms with Crippen molar-refractivity contribution in [3.63, 3.8) is 0 Å². The summed E-state index contributed by atoms with van der Waals surface area (Å²) in [5.41, 5.74) is 6.08. The first-order valence-electron chi connectivity index (χ1n) is 4.88. The summed E-state index contributed by atoms with van der Waals surface area (Å²) in [7, 11) is 0. The third kappa shape index (κ3) is 1.42. The van der Waals surface area contributed by atoms with Crippen molar-refractivity contribution in [2.75, 3.05) is 5.73 Å². The van der Waals surface area contributed by atoms with Gasteiger partial charge in [-0.2, -0.15) is 0 Å². The van der Waals surface area contributed by atoms with E-state index in [0.717, 1.165) is 16.6 Å². The molecule has 2 aromatic rings. The quantitative estimate of drug-likeness (QED) is 0.701. The van der Waals surface area contributed by atoms with Crippen LogP contribution in [0.15, 0.2) is 34.1 Å². The minimum atomic E-state index is -0.354. The molecule has 0 fully saturated rings. The van der Waals surface area contributed by atoms with Crippen LogP contribution in [0, 0.1) is 0 Å². The zero-order chi connectivity index (χ0) is 12.0. The first-order chi connectivity index (χ1) is 8.16. The third-order valence-corrected chi connectivity index (χ3v) is 3.43. The Hall–Kier alpha value is -2.21. The number of benzene rings is 1. The largest absolute Gasteiger partial charge is 0.384 e. The van der Waals surface area contributed by atoms with Crippen LogP contribution < -0.4 is 21.2 Å². The van der Waals surface area contributed by atoms with Gasteiger partial charge in [-0.1, -0.05) is 29.5 Å². The van der Waals surface area contributed by atoms with E-state index in [-0.39, 0.29) is 16.6 Å². The number of nitrogens with two attached hydrogens (primary N) is 1. The van der Waals surface area contributed by atoms with Gasteiger partial charge in [0.15, 0.2) is 0 Å². The van der Waals surface area contributed by atoms with Crippen LogP contribution >= 0.6 is 11.3 Å². The normalized spacial score (nSPS) is 13.6. The molecular weight excluding hydrogens is 238 g/mol. The van der Waals surface area contributed by atoms with Gasteiger partial charge < -0.3 is 5.73 Å². The van der Waals surface area contributed by atoms with Crippen LogP contribution in [0.3, 0.4) is 0 Å². The molecule has 0 saturated carbocycles. The van der Waals surface area contributed by atoms with Crippen molar-refractivity contribution in [2.24, 2.45) is 4.99 Å². The maximum absolute atomic E-state index is 11.8. The predicted octanol–water partition coefficient (Wildman–Crippen LogP) is -0.623. The lowest BCUT2D eigenvalue weighted by atomic mass is 10.1. The number of nitrogens with one attached hydrogen (secondary N) is 1. The summed E-state index contributed by atoms with van der Waals surface area (Å²) in [5, 5.41) is 1.34. The van der Waals surface area contributed by atoms with Gasteiger partial charge in [0.1, 0.15) is 5.82 Å². The van der Waals surface area contributed by atoms with E-state index in [0.29, 0.717) is 15.8 Å². The number of amides is 1. The number of carbonyl (C=O) groups is 1. The zero-order valence-electron chi connectivity index (χ0n) is 8.56. The average molecular weight is 245 g/mol. The molecule has 1 aromatic heterocycles. The maximum atomic E-state index is 11.8. The molecule has 1 aliphatic heterocycles. The Morgan fingerprint density at radius 2 is 2.00 bits per heavy atom. The molecule has 84 valence electrons. The summed E-state index contributed by atoms with van der Waals surface area (Å²) >= 11 is 0.925. The minimum Gasteiger partial charge on any atom is -0.384 e. The highest BCUT2D eigenvalue weighted by Gasteiger charge is 2.22. The summed E-state index contributed by atoms with van der Waals surface area (Å²) in [6, 6.07) is 7.18. The van der Waals surface area contributed by atoms with Crippen LogP contribution in [0.1, 0.15) is 4.88 Å². The van der Waals surface area contributed by atoms with E-state index in [9.17, 15) is 9.59 Å². The van der Waals surface area contributed by atoms with Crippen molar-refractivity contribution in [3.8, 4) is 0 Å². The highest BCUT2D eigenvalue weighted by molar-refractivity contribution is 7.11. The number of fused-ring (bicyclic) bond motifs is 1. The molecule has 0 spiro atoms. The number of rotatable bonds is 1. The number of nitrogens with zero attached hydrogens (tertiary/aromatic N) is 1. The highest BCUT2D eigenvalue weighted by Crippen LogP contribution is 2.22. The van der Waals surface area contributed by atoms with E-state index in [1.54, 1.807) is 12.1 Å². The lowest BCUT2D eigenvalue weighted by molar-refractivity contribution is -0.112. The topological polar surface area (TPSA) is 88.3 Å². The molecule has 5 nitrogen and oxygen atoms in total. The summed E-state index contributed by atoms with van der Waals surface area (Å²) < 4.78 is 0. The lowest BCUT2D eigenvalue weighted by Crippen LogP contribution is -2.22. The van der Waals surface area contributed by atoms with Crippen molar-refractivity contribution in [1.82, 2.24) is 4.98 Å². The minimum absolute atomic E-state index is 0.218. The molecule has 6 heteroatoms. The van der Waals surface area contributed by atoms with Crippen LogP contribution in [0.25, 0.3) is 5.57 Å². The van der Waals surface area contributed by atoms with Crippen molar-refractivity contribution < 1.29 is 4.79 Å². The van der Waals surface area contributed by atoms with E-state index < -0.39 is 0 Å². The zero-order valence-corrected chi connectivity index (χ0v) is 9.38. The standard InChI is InChI=1S/C11H7N3O2S/c12-9-8(17-11(16)14-9)7-5-3-1-2-4-6(5)13-10(7)15/h1-4H,12H2,(H,14,16). The fourth-order valence-electron chi connectivity index (χ4n) is 1.81. The molecule has 0 atom stereocenters. The predicted molar refractivity (Wildman–Crippen MR) is 64.1 cm³/mol. The van der Waals surface area contributed by atoms with E-state index in [1.165, 1.54) is 0 Å². The first kappa shape index (κ1) is 9.98. The Balaban J connectivity index is 2.44. The second kappa shape index (κ2) is 3.39. The second-order valence-electron chi connectivity index (χ2n) is 3.57. The fourth-order valence-corrected chi connectivity index (χ4v) is 2.61. The number of thiazole rings is 1. The molecular formula is C11H7N3O2S. The van der Waals surface area contributed by atoms with E-state index in [1.807, 2.05) is 12.1 Å². The number of hydrogen-bond donors (Lipinski definition) is 2. The van der Waals surface area contributed by atoms with Gasteiger partial charge >= 0.3 is 4.87 Å². The molecule has 0 bridgehead atoms. The third-order valence-electron chi connectivity index (χ3n) is 2.51. The fraction of sp³-hybridized carbons (Fsp3) is 0. The Labute approximate surface area is 98.9 Å². The smallest absolute Gasteiger partial charge is 0.306 e. The Morgan fingerprint density at radius 3 is 2.71 bits per heavy atom. The Morgan fingerprint density at radius 1 is 1.24 bits per heavy atom. The van der Waals surface area contributed by atoms with Gasteiger partial charge in [-0.15, -0.1) is 0 Å². The molecule has 3 rings (SSSR count). The molecule has 0 unspecified atom stereocenters. The Bertz CT molecular complexity index is 801. The van der Waals surface area contributed by atoms with Crippen LogP contribution in [0.4, 0.5) is 5.82 Å².